The first-order chi connectivity index (χ1) is 15.1. The van der Waals surface area contributed by atoms with Gasteiger partial charge in [-0.2, -0.15) is 0 Å². The van der Waals surface area contributed by atoms with Crippen LogP contribution in [0.1, 0.15) is 62.2 Å². The number of nitrogen functional groups attached to an aromatic ring is 1. The molecule has 1 aromatic heterocycles. The molecule has 1 spiro atoms. The first-order valence-corrected chi connectivity index (χ1v) is 11.1. The average Bonchev–Trinajstić information content (AvgIpc) is 3.01. The fourth-order valence-corrected chi connectivity index (χ4v) is 5.02. The van der Waals surface area contributed by atoms with Crippen LogP contribution in [0.4, 0.5) is 16.4 Å². The predicted molar refractivity (Wildman–Crippen MR) is 125 cm³/mol. The molecule has 0 bridgehead atoms. The minimum Gasteiger partial charge on any atom is -0.444 e. The summed E-state index contributed by atoms with van der Waals surface area (Å²) >= 11 is 0. The van der Waals surface area contributed by atoms with Gasteiger partial charge in [-0.1, -0.05) is 24.3 Å². The lowest BCUT2D eigenvalue weighted by molar-refractivity contribution is 0.0428. The molecule has 8 heteroatoms. The minimum absolute atomic E-state index is 0.0706. The Kier molecular flexibility index (Phi) is 5.56. The highest BCUT2D eigenvalue weighted by molar-refractivity contribution is 5.81. The number of fused-ring (bicyclic) bond motifs is 1. The first-order valence-electron chi connectivity index (χ1n) is 11.1. The van der Waals surface area contributed by atoms with Gasteiger partial charge in [-0.05, 0) is 58.1 Å². The molecule has 1 unspecified atom stereocenters. The van der Waals surface area contributed by atoms with Crippen LogP contribution in [-0.2, 0) is 11.2 Å². The molecule has 1 atom stereocenters. The normalized spacial score (nSPS) is 19.5. The number of carbonyl (C=O) groups is 1. The predicted octanol–water partition coefficient (Wildman–Crippen LogP) is 3.77. The van der Waals surface area contributed by atoms with Crippen LogP contribution < -0.4 is 16.0 Å². The fourth-order valence-electron chi connectivity index (χ4n) is 5.02. The molecule has 8 nitrogen and oxygen atoms in total. The van der Waals surface area contributed by atoms with Gasteiger partial charge >= 0.3 is 6.09 Å². The monoisotopic (exact) mass is 436 g/mol. The number of carbonyl (C=O) groups excluding carboxylic acids is 1. The van der Waals surface area contributed by atoms with E-state index in [4.69, 9.17) is 15.9 Å². The Labute approximate surface area is 189 Å². The molecule has 1 fully saturated rings. The summed E-state index contributed by atoms with van der Waals surface area (Å²) in [5.41, 5.74) is 9.02. The van der Waals surface area contributed by atoms with E-state index in [1.54, 1.807) is 0 Å². The number of nitrogens with one attached hydrogen (secondary N) is 2. The summed E-state index contributed by atoms with van der Waals surface area (Å²) < 4.78 is 5.58. The van der Waals surface area contributed by atoms with E-state index in [9.17, 15) is 4.79 Å². The van der Waals surface area contributed by atoms with Crippen molar-refractivity contribution < 1.29 is 9.53 Å². The van der Waals surface area contributed by atoms with Crippen LogP contribution in [0.2, 0.25) is 0 Å². The quantitative estimate of drug-likeness (QED) is 0.631. The van der Waals surface area contributed by atoms with Crippen molar-refractivity contribution in [3.05, 3.63) is 46.8 Å². The molecule has 0 saturated carbocycles. The van der Waals surface area contributed by atoms with Gasteiger partial charge < -0.3 is 26.1 Å². The first kappa shape index (κ1) is 22.0. The second-order valence-electron chi connectivity index (χ2n) is 9.85. The number of aryl methyl sites for hydroxylation is 1. The largest absolute Gasteiger partial charge is 0.444 e. The van der Waals surface area contributed by atoms with Crippen LogP contribution in [0.5, 0.6) is 0 Å². The number of amides is 1. The molecule has 1 aliphatic heterocycles. The van der Waals surface area contributed by atoms with E-state index in [1.165, 1.54) is 11.1 Å². The molecule has 2 aliphatic rings. The molecule has 4 N–H and O–H groups in total. The number of hydrogen-bond acceptors (Lipinski definition) is 7. The van der Waals surface area contributed by atoms with Crippen molar-refractivity contribution in [2.45, 2.75) is 58.6 Å². The number of piperidine rings is 1. The van der Waals surface area contributed by atoms with E-state index >= 15 is 0 Å². The highest BCUT2D eigenvalue weighted by Crippen LogP contribution is 2.52. The maximum atomic E-state index is 12.7. The zero-order valence-corrected chi connectivity index (χ0v) is 19.2. The molecule has 170 valence electrons. The third kappa shape index (κ3) is 4.13. The number of aromatic nitrogens is 2. The SMILES string of the molecule is Cc1nc(C=N)c(N)nc1N1CCC2(CC1)Cc1ccccc1C2NC(=O)OC(C)(C)C. The number of nitrogens with two attached hydrogens (primary N) is 1. The highest BCUT2D eigenvalue weighted by atomic mass is 16.6. The van der Waals surface area contributed by atoms with E-state index in [-0.39, 0.29) is 23.4 Å². The molecule has 1 aliphatic carbocycles. The van der Waals surface area contributed by atoms with Crippen molar-refractivity contribution in [2.75, 3.05) is 23.7 Å². The Morgan fingerprint density at radius 2 is 1.97 bits per heavy atom. The lowest BCUT2D eigenvalue weighted by Gasteiger charge is -2.44. The topological polar surface area (TPSA) is 117 Å². The lowest BCUT2D eigenvalue weighted by atomic mass is 9.72. The second kappa shape index (κ2) is 8.07. The van der Waals surface area contributed by atoms with E-state index in [1.807, 2.05) is 33.8 Å². The molecular weight excluding hydrogens is 404 g/mol. The second-order valence-corrected chi connectivity index (χ2v) is 9.85. The average molecular weight is 437 g/mol. The minimum atomic E-state index is -0.544. The summed E-state index contributed by atoms with van der Waals surface area (Å²) in [5, 5.41) is 10.6. The summed E-state index contributed by atoms with van der Waals surface area (Å²) in [6.07, 6.45) is 3.48. The third-order valence-corrected chi connectivity index (χ3v) is 6.48. The maximum absolute atomic E-state index is 12.7. The molecule has 2 aromatic rings. The van der Waals surface area contributed by atoms with Gasteiger partial charge in [0.05, 0.1) is 11.7 Å². The van der Waals surface area contributed by atoms with Gasteiger partial charge in [-0.25, -0.2) is 14.8 Å². The number of rotatable bonds is 3. The van der Waals surface area contributed by atoms with Gasteiger partial charge in [0.1, 0.15) is 11.3 Å². The van der Waals surface area contributed by atoms with Crippen LogP contribution >= 0.6 is 0 Å². The summed E-state index contributed by atoms with van der Waals surface area (Å²) in [5.74, 6) is 1.05. The Bertz CT molecular complexity index is 1040. The molecular formula is C24H32N6O2. The molecule has 2 heterocycles. The molecule has 1 saturated heterocycles. The molecule has 4 rings (SSSR count). The Morgan fingerprint density at radius 3 is 2.62 bits per heavy atom. The van der Waals surface area contributed by atoms with Gasteiger partial charge in [0.2, 0.25) is 0 Å². The Hall–Kier alpha value is -3.16. The Balaban J connectivity index is 1.56. The van der Waals surface area contributed by atoms with Crippen molar-refractivity contribution in [1.82, 2.24) is 15.3 Å². The smallest absolute Gasteiger partial charge is 0.408 e. The van der Waals surface area contributed by atoms with Crippen LogP contribution in [0.15, 0.2) is 24.3 Å². The number of ether oxygens (including phenoxy) is 1. The Morgan fingerprint density at radius 1 is 1.28 bits per heavy atom. The van der Waals surface area contributed by atoms with Gasteiger partial charge in [-0.15, -0.1) is 0 Å². The molecule has 0 radical (unpaired) electrons. The molecule has 1 amide bonds. The summed E-state index contributed by atoms with van der Waals surface area (Å²) in [7, 11) is 0. The highest BCUT2D eigenvalue weighted by Gasteiger charge is 2.48. The van der Waals surface area contributed by atoms with Crippen LogP contribution in [0.25, 0.3) is 0 Å². The summed E-state index contributed by atoms with van der Waals surface area (Å²) in [6, 6.07) is 8.28. The van der Waals surface area contributed by atoms with Crippen molar-refractivity contribution in [3.63, 3.8) is 0 Å². The van der Waals surface area contributed by atoms with E-state index in [0.29, 0.717) is 5.69 Å². The van der Waals surface area contributed by atoms with Gasteiger partial charge in [0.15, 0.2) is 11.6 Å². The lowest BCUT2D eigenvalue weighted by Crippen LogP contribution is -2.48. The van der Waals surface area contributed by atoms with Gasteiger partial charge in [0.25, 0.3) is 0 Å². The van der Waals surface area contributed by atoms with Crippen LogP contribution in [0, 0.1) is 17.7 Å². The fraction of sp³-hybridized carbons (Fsp3) is 0.500. The number of benzene rings is 1. The number of alkyl carbamates (subject to hydrolysis) is 1. The van der Waals surface area contributed by atoms with Crippen LogP contribution in [-0.4, -0.2) is 41.0 Å². The van der Waals surface area contributed by atoms with Crippen molar-refractivity contribution in [3.8, 4) is 0 Å². The third-order valence-electron chi connectivity index (χ3n) is 6.48. The van der Waals surface area contributed by atoms with E-state index in [0.717, 1.165) is 50.1 Å². The van der Waals surface area contributed by atoms with E-state index < -0.39 is 5.60 Å². The number of hydrogen-bond donors (Lipinski definition) is 3. The number of nitrogens with zero attached hydrogens (tertiary/aromatic N) is 3. The molecule has 1 aromatic carbocycles. The molecule has 32 heavy (non-hydrogen) atoms. The maximum Gasteiger partial charge on any atom is 0.408 e. The summed E-state index contributed by atoms with van der Waals surface area (Å²) in [6.45, 7) is 9.11. The van der Waals surface area contributed by atoms with Crippen molar-refractivity contribution in [1.29, 1.82) is 5.41 Å². The van der Waals surface area contributed by atoms with Crippen molar-refractivity contribution in [2.24, 2.45) is 5.41 Å². The van der Waals surface area contributed by atoms with Gasteiger partial charge in [-0.3, -0.25) is 0 Å². The summed E-state index contributed by atoms with van der Waals surface area (Å²) in [4.78, 5) is 23.9. The number of anilines is 2. The zero-order chi connectivity index (χ0) is 23.1. The van der Waals surface area contributed by atoms with Gasteiger partial charge in [0, 0.05) is 24.7 Å². The van der Waals surface area contributed by atoms with E-state index in [2.05, 4.69) is 38.4 Å². The zero-order valence-electron chi connectivity index (χ0n) is 19.2. The van der Waals surface area contributed by atoms with Crippen LogP contribution in [0.3, 0.4) is 0 Å². The van der Waals surface area contributed by atoms with Crippen molar-refractivity contribution >= 4 is 23.9 Å². The standard InChI is InChI=1S/C24H32N6O2/c1-15-21(29-20(26)18(14-25)27-15)30-11-9-24(10-12-30)13-16-7-5-6-8-17(16)19(24)28-22(31)32-23(2,3)4/h5-8,14,19,25H,9-13H2,1-4H3,(H2,26,29)(H,28,31).